The van der Waals surface area contributed by atoms with Gasteiger partial charge in [-0.1, -0.05) is 41.9 Å². The third-order valence-electron chi connectivity index (χ3n) is 6.04. The molecule has 1 unspecified atom stereocenters. The molecule has 13 heteroatoms. The first-order valence-electron chi connectivity index (χ1n) is 10.9. The fourth-order valence-corrected chi connectivity index (χ4v) is 4.54. The van der Waals surface area contributed by atoms with E-state index in [2.05, 4.69) is 9.97 Å². The molecule has 2 heterocycles. The summed E-state index contributed by atoms with van der Waals surface area (Å²) in [5.41, 5.74) is -1.86. The topological polar surface area (TPSA) is 116 Å². The zero-order valence-corrected chi connectivity index (χ0v) is 20.0. The molecule has 3 aromatic carbocycles. The number of fused-ring (bicyclic) bond motifs is 2. The molecule has 1 atom stereocenters. The lowest BCUT2D eigenvalue weighted by atomic mass is 9.92. The summed E-state index contributed by atoms with van der Waals surface area (Å²) in [7, 11) is 1.25. The van der Waals surface area contributed by atoms with E-state index in [1.807, 2.05) is 0 Å². The summed E-state index contributed by atoms with van der Waals surface area (Å²) >= 11 is 6.14. The summed E-state index contributed by atoms with van der Waals surface area (Å²) in [5, 5.41) is 9.46. The van der Waals surface area contributed by atoms with Crippen LogP contribution in [0, 0.1) is 0 Å². The fraction of sp³-hybridized carbons (Fsp3) is 0.120. The fourth-order valence-electron chi connectivity index (χ4n) is 4.36. The van der Waals surface area contributed by atoms with Gasteiger partial charge in [0.15, 0.2) is 0 Å². The van der Waals surface area contributed by atoms with Gasteiger partial charge in [0, 0.05) is 28.8 Å². The highest BCUT2D eigenvalue weighted by molar-refractivity contribution is 6.31. The monoisotopic (exact) mass is 544 g/mol. The minimum atomic E-state index is -5.39. The third-order valence-corrected chi connectivity index (χ3v) is 6.28. The molecule has 0 saturated heterocycles. The minimum absolute atomic E-state index is 0.00989. The van der Waals surface area contributed by atoms with Gasteiger partial charge in [-0.25, -0.2) is 14.6 Å². The van der Waals surface area contributed by atoms with Gasteiger partial charge in [-0.05, 0) is 36.4 Å². The van der Waals surface area contributed by atoms with Crippen LogP contribution in [0.5, 0.6) is 0 Å². The maximum absolute atomic E-state index is 13.7. The van der Waals surface area contributed by atoms with Crippen molar-refractivity contribution in [3.8, 4) is 0 Å². The van der Waals surface area contributed by atoms with Gasteiger partial charge in [-0.15, -0.1) is 0 Å². The average molecular weight is 545 g/mol. The van der Waals surface area contributed by atoms with Crippen molar-refractivity contribution in [2.45, 2.75) is 11.9 Å². The van der Waals surface area contributed by atoms with Crippen molar-refractivity contribution in [3.05, 3.63) is 88.4 Å². The molecular weight excluding hydrogens is 529 g/mol. The first-order valence-corrected chi connectivity index (χ1v) is 11.3. The number of carboxylic acid groups (broad SMARTS) is 1. The van der Waals surface area contributed by atoms with Gasteiger partial charge >= 0.3 is 18.2 Å². The van der Waals surface area contributed by atoms with Gasteiger partial charge in [-0.3, -0.25) is 14.6 Å². The number of imidazole rings is 1. The summed E-state index contributed by atoms with van der Waals surface area (Å²) in [4.78, 5) is 46.1. The van der Waals surface area contributed by atoms with Crippen molar-refractivity contribution in [3.63, 3.8) is 0 Å². The summed E-state index contributed by atoms with van der Waals surface area (Å²) in [6, 6.07) is 15.7. The summed E-state index contributed by atoms with van der Waals surface area (Å²) in [5.74, 6) is -3.31. The number of nitrogens with zero attached hydrogens (tertiary/aromatic N) is 3. The smallest absolute Gasteiger partial charge is 0.465 e. The van der Waals surface area contributed by atoms with Crippen molar-refractivity contribution in [2.75, 3.05) is 16.8 Å². The molecule has 1 aliphatic heterocycles. The number of halogens is 4. The van der Waals surface area contributed by atoms with Crippen LogP contribution in [-0.4, -0.2) is 46.3 Å². The molecular formula is C25H16ClF3N4O5. The number of ether oxygens (including phenoxy) is 1. The number of carbonyl (C=O) groups excluding carboxylic acids is 2. The van der Waals surface area contributed by atoms with Crippen molar-refractivity contribution in [1.82, 2.24) is 9.97 Å². The number of rotatable bonds is 4. The van der Waals surface area contributed by atoms with Crippen LogP contribution < -0.4 is 9.80 Å². The molecule has 4 aromatic rings. The van der Waals surface area contributed by atoms with E-state index in [9.17, 15) is 32.7 Å². The van der Waals surface area contributed by atoms with Crippen molar-refractivity contribution in [2.24, 2.45) is 0 Å². The number of esters is 1. The molecule has 1 aliphatic rings. The van der Waals surface area contributed by atoms with E-state index in [1.54, 1.807) is 0 Å². The van der Waals surface area contributed by atoms with Crippen LogP contribution in [-0.2, 0) is 15.3 Å². The minimum Gasteiger partial charge on any atom is -0.465 e. The van der Waals surface area contributed by atoms with Gasteiger partial charge < -0.3 is 14.8 Å². The lowest BCUT2D eigenvalue weighted by Crippen LogP contribution is -2.50. The van der Waals surface area contributed by atoms with E-state index in [1.165, 1.54) is 73.8 Å². The number of nitrogens with one attached hydrogen (secondary N) is 1. The van der Waals surface area contributed by atoms with Crippen LogP contribution in [0.4, 0.5) is 29.6 Å². The predicted octanol–water partition coefficient (Wildman–Crippen LogP) is 5.30. The van der Waals surface area contributed by atoms with E-state index in [0.717, 1.165) is 9.80 Å². The predicted molar refractivity (Wildman–Crippen MR) is 130 cm³/mol. The molecule has 1 aromatic heterocycles. The first-order chi connectivity index (χ1) is 17.9. The lowest BCUT2D eigenvalue weighted by molar-refractivity contribution is -0.211. The number of H-pyrrole nitrogens is 1. The Morgan fingerprint density at radius 2 is 1.84 bits per heavy atom. The molecule has 0 fully saturated rings. The first kappa shape index (κ1) is 25.1. The van der Waals surface area contributed by atoms with Crippen LogP contribution in [0.2, 0.25) is 5.02 Å². The number of aromatic amines is 1. The van der Waals surface area contributed by atoms with Gasteiger partial charge in [0.2, 0.25) is 11.7 Å². The molecule has 0 bridgehead atoms. The third kappa shape index (κ3) is 3.89. The molecule has 194 valence electrons. The summed E-state index contributed by atoms with van der Waals surface area (Å²) in [6.45, 7) is 0. The quantitative estimate of drug-likeness (QED) is 0.337. The average Bonchev–Trinajstić information content (AvgIpc) is 3.40. The van der Waals surface area contributed by atoms with E-state index >= 15 is 0 Å². The number of benzene rings is 3. The lowest BCUT2D eigenvalue weighted by Gasteiger charge is -2.38. The maximum Gasteiger partial charge on any atom is 0.491 e. The number of anilines is 2. The Bertz CT molecular complexity index is 1620. The number of hydrogen-bond donors (Lipinski definition) is 2. The number of alkyl halides is 3. The number of aromatic nitrogens is 2. The largest absolute Gasteiger partial charge is 0.491 e. The van der Waals surface area contributed by atoms with E-state index in [-0.39, 0.29) is 44.4 Å². The molecule has 2 N–H and O–H groups in total. The van der Waals surface area contributed by atoms with Crippen molar-refractivity contribution >= 4 is 52.2 Å². The highest BCUT2D eigenvalue weighted by Crippen LogP contribution is 2.49. The Hall–Kier alpha value is -4.58. The van der Waals surface area contributed by atoms with E-state index in [4.69, 9.17) is 16.3 Å². The van der Waals surface area contributed by atoms with Crippen LogP contribution in [0.3, 0.4) is 0 Å². The molecule has 38 heavy (non-hydrogen) atoms. The molecule has 5 rings (SSSR count). The number of carbonyl (C=O) groups is 3. The zero-order valence-electron chi connectivity index (χ0n) is 19.3. The Morgan fingerprint density at radius 1 is 1.11 bits per heavy atom. The molecule has 0 radical (unpaired) electrons. The normalized spacial score (nSPS) is 17.0. The van der Waals surface area contributed by atoms with E-state index < -0.39 is 29.9 Å². The Labute approximate surface area is 217 Å². The number of hydrogen-bond acceptors (Lipinski definition) is 5. The Balaban J connectivity index is 1.81. The second-order valence-corrected chi connectivity index (χ2v) is 8.77. The molecule has 0 spiro atoms. The highest BCUT2D eigenvalue weighted by atomic mass is 35.5. The Kier molecular flexibility index (Phi) is 5.79. The van der Waals surface area contributed by atoms with Gasteiger partial charge in [0.05, 0.1) is 16.7 Å². The van der Waals surface area contributed by atoms with Crippen LogP contribution in [0.25, 0.3) is 11.0 Å². The van der Waals surface area contributed by atoms with Gasteiger partial charge in [-0.2, -0.15) is 13.2 Å². The van der Waals surface area contributed by atoms with E-state index in [0.29, 0.717) is 0 Å². The second-order valence-electron chi connectivity index (χ2n) is 8.33. The molecule has 9 nitrogen and oxygen atoms in total. The van der Waals surface area contributed by atoms with Gasteiger partial charge in [0.1, 0.15) is 0 Å². The second kappa shape index (κ2) is 8.77. The maximum atomic E-state index is 13.7. The van der Waals surface area contributed by atoms with Crippen molar-refractivity contribution < 1.29 is 37.4 Å². The molecule has 0 aliphatic carbocycles. The van der Waals surface area contributed by atoms with Crippen molar-refractivity contribution in [1.29, 1.82) is 0 Å². The summed E-state index contributed by atoms with van der Waals surface area (Å²) in [6.07, 6.45) is -6.69. The standard InChI is InChI=1S/C25H16ClF3N4O5/c1-32(23(36)37)22-30-18-10-9-13(11-19(18)31-22)24(38-21(35)25(27,28)29)17-8-3-2-7-16(17)20(34)33(24)15-6-4-5-14(26)12-15/h2-12H,1H3,(H,30,31)(H,36,37). The molecule has 0 saturated carbocycles. The van der Waals surface area contributed by atoms with Crippen LogP contribution in [0.15, 0.2) is 66.7 Å². The summed E-state index contributed by atoms with van der Waals surface area (Å²) < 4.78 is 46.1. The SMILES string of the molecule is CN(C(=O)O)c1nc2ccc(C3(OC(=O)C(F)(F)F)c4ccccc4C(=O)N3c3cccc(Cl)c3)cc2[nH]1. The number of amides is 2. The van der Waals surface area contributed by atoms with Gasteiger partial charge in [0.25, 0.3) is 5.91 Å². The zero-order chi connectivity index (χ0) is 27.4. The highest BCUT2D eigenvalue weighted by Gasteiger charge is 2.58. The molecule has 2 amide bonds. The van der Waals surface area contributed by atoms with Crippen LogP contribution >= 0.6 is 11.6 Å². The van der Waals surface area contributed by atoms with Crippen LogP contribution in [0.1, 0.15) is 21.5 Å². The Morgan fingerprint density at radius 3 is 2.53 bits per heavy atom.